The van der Waals surface area contributed by atoms with Gasteiger partial charge in [-0.15, -0.1) is 10.2 Å². The van der Waals surface area contributed by atoms with E-state index in [9.17, 15) is 17.6 Å². The third kappa shape index (κ3) is 8.72. The van der Waals surface area contributed by atoms with E-state index in [-0.39, 0.29) is 40.4 Å². The summed E-state index contributed by atoms with van der Waals surface area (Å²) in [4.78, 5) is 17.6. The molecule has 13 heteroatoms. The number of nitrogens with zero attached hydrogens (tertiary/aromatic N) is 2. The molecule has 0 radical (unpaired) electrons. The summed E-state index contributed by atoms with van der Waals surface area (Å²) in [5.41, 5.74) is 6.06. The molecule has 0 saturated carbocycles. The summed E-state index contributed by atoms with van der Waals surface area (Å²) >= 11 is 0.987. The molecule has 0 bridgehead atoms. The molecule has 2 aromatic carbocycles. The summed E-state index contributed by atoms with van der Waals surface area (Å²) < 4.78 is 64.4. The van der Waals surface area contributed by atoms with E-state index in [1.54, 1.807) is 6.07 Å². The Morgan fingerprint density at radius 2 is 1.81 bits per heavy atom. The molecule has 1 unspecified atom stereocenters. The maximum absolute atomic E-state index is 13.7. The van der Waals surface area contributed by atoms with Crippen LogP contribution in [0.4, 0.5) is 17.6 Å². The SMILES string of the molecule is NC(COP(O)O)c1nnc(-c2ccc(OCCCCCCc3cccc(F)c3)c(C(F)(F)F)c2)s1. The Bertz CT molecular complexity index is 1120. The molecule has 3 aromatic rings. The number of hydrogen-bond acceptors (Lipinski definition) is 8. The number of aryl methyl sites for hydroxylation is 1. The van der Waals surface area contributed by atoms with Crippen molar-refractivity contribution in [3.05, 3.63) is 64.4 Å². The van der Waals surface area contributed by atoms with Gasteiger partial charge in [0.15, 0.2) is 0 Å². The molecule has 0 aliphatic carbocycles. The summed E-state index contributed by atoms with van der Waals surface area (Å²) in [6.07, 6.45) is -0.809. The van der Waals surface area contributed by atoms with Crippen molar-refractivity contribution in [1.29, 1.82) is 0 Å². The van der Waals surface area contributed by atoms with Crippen LogP contribution in [0.15, 0.2) is 42.5 Å². The molecule has 36 heavy (non-hydrogen) atoms. The lowest BCUT2D eigenvalue weighted by Crippen LogP contribution is -2.15. The van der Waals surface area contributed by atoms with Crippen molar-refractivity contribution in [2.75, 3.05) is 13.2 Å². The molecular formula is C23H26F4N3O4PS. The Balaban J connectivity index is 1.54. The molecule has 196 valence electrons. The molecule has 0 amide bonds. The van der Waals surface area contributed by atoms with Gasteiger partial charge in [0.2, 0.25) is 0 Å². The highest BCUT2D eigenvalue weighted by atomic mass is 32.1. The molecule has 0 aliphatic heterocycles. The Hall–Kier alpha value is -2.21. The van der Waals surface area contributed by atoms with Gasteiger partial charge >= 0.3 is 14.8 Å². The normalized spacial score (nSPS) is 12.8. The van der Waals surface area contributed by atoms with E-state index in [4.69, 9.17) is 20.3 Å². The topological polar surface area (TPSA) is 111 Å². The standard InChI is InChI=1S/C23H26F4N3O4PS/c24-17-8-5-7-15(12-17)6-3-1-2-4-11-33-20-10-9-16(13-18(20)23(25,26)27)21-29-30-22(36-21)19(28)14-34-35(31)32/h5,7-10,12-13,19,31-32H,1-4,6,11,14,28H2. The lowest BCUT2D eigenvalue weighted by atomic mass is 10.1. The van der Waals surface area contributed by atoms with Crippen LogP contribution >= 0.6 is 19.9 Å². The average Bonchev–Trinajstić information content (AvgIpc) is 3.32. The fraction of sp³-hybridized carbons (Fsp3) is 0.391. The largest absolute Gasteiger partial charge is 0.493 e. The van der Waals surface area contributed by atoms with E-state index in [2.05, 4.69) is 14.7 Å². The predicted molar refractivity (Wildman–Crippen MR) is 129 cm³/mol. The summed E-state index contributed by atoms with van der Waals surface area (Å²) in [5.74, 6) is -0.531. The van der Waals surface area contributed by atoms with E-state index in [1.807, 2.05) is 6.07 Å². The van der Waals surface area contributed by atoms with Gasteiger partial charge in [-0.25, -0.2) is 4.39 Å². The van der Waals surface area contributed by atoms with E-state index in [0.29, 0.717) is 6.42 Å². The second-order valence-electron chi connectivity index (χ2n) is 7.95. The lowest BCUT2D eigenvalue weighted by molar-refractivity contribution is -0.138. The molecule has 1 aromatic heterocycles. The summed E-state index contributed by atoms with van der Waals surface area (Å²) in [6, 6.07) is 9.31. The monoisotopic (exact) mass is 547 g/mol. The number of ether oxygens (including phenoxy) is 1. The number of nitrogens with two attached hydrogens (primary N) is 1. The zero-order valence-corrected chi connectivity index (χ0v) is 20.8. The third-order valence-corrected chi connectivity index (χ3v) is 6.65. The first-order valence-electron chi connectivity index (χ1n) is 11.1. The zero-order valence-electron chi connectivity index (χ0n) is 19.1. The van der Waals surface area contributed by atoms with Gasteiger partial charge in [-0.2, -0.15) is 13.2 Å². The lowest BCUT2D eigenvalue weighted by Gasteiger charge is -2.15. The first kappa shape index (κ1) is 28.4. The van der Waals surface area contributed by atoms with Crippen molar-refractivity contribution < 1.29 is 36.6 Å². The first-order chi connectivity index (χ1) is 17.1. The molecule has 0 saturated heterocycles. The number of benzene rings is 2. The minimum absolute atomic E-state index is 0.137. The molecule has 7 nitrogen and oxygen atoms in total. The average molecular weight is 548 g/mol. The van der Waals surface area contributed by atoms with Crippen LogP contribution in [-0.4, -0.2) is 33.2 Å². The second kappa shape index (κ2) is 13.4. The number of aromatic nitrogens is 2. The van der Waals surface area contributed by atoms with Crippen LogP contribution in [0.25, 0.3) is 10.6 Å². The van der Waals surface area contributed by atoms with Crippen LogP contribution in [-0.2, 0) is 17.1 Å². The number of hydrogen-bond donors (Lipinski definition) is 3. The van der Waals surface area contributed by atoms with E-state index >= 15 is 0 Å². The van der Waals surface area contributed by atoms with Gasteiger partial charge in [-0.05, 0) is 55.2 Å². The van der Waals surface area contributed by atoms with Crippen LogP contribution in [0.2, 0.25) is 0 Å². The smallest absolute Gasteiger partial charge is 0.419 e. The molecule has 4 N–H and O–H groups in total. The van der Waals surface area contributed by atoms with Crippen molar-refractivity contribution in [3.63, 3.8) is 0 Å². The highest BCUT2D eigenvalue weighted by molar-refractivity contribution is 7.39. The second-order valence-corrected chi connectivity index (χ2v) is 9.72. The van der Waals surface area contributed by atoms with E-state index in [1.165, 1.54) is 24.3 Å². The van der Waals surface area contributed by atoms with E-state index in [0.717, 1.165) is 48.6 Å². The van der Waals surface area contributed by atoms with Gasteiger partial charge < -0.3 is 24.8 Å². The molecule has 0 aliphatic rings. The number of rotatable bonds is 13. The minimum Gasteiger partial charge on any atom is -0.493 e. The van der Waals surface area contributed by atoms with Crippen molar-refractivity contribution in [2.45, 2.75) is 44.3 Å². The van der Waals surface area contributed by atoms with Gasteiger partial charge in [0.1, 0.15) is 21.6 Å². The molecular weight excluding hydrogens is 521 g/mol. The van der Waals surface area contributed by atoms with Crippen LogP contribution < -0.4 is 10.5 Å². The predicted octanol–water partition coefficient (Wildman–Crippen LogP) is 5.77. The van der Waals surface area contributed by atoms with Gasteiger partial charge in [0, 0.05) is 5.56 Å². The van der Waals surface area contributed by atoms with Gasteiger partial charge in [-0.1, -0.05) is 36.3 Å². The van der Waals surface area contributed by atoms with Crippen LogP contribution in [0, 0.1) is 5.82 Å². The summed E-state index contributed by atoms with van der Waals surface area (Å²) in [6.45, 7) is -0.0861. The summed E-state index contributed by atoms with van der Waals surface area (Å²) in [7, 11) is -2.58. The molecule has 0 spiro atoms. The molecule has 3 rings (SSSR count). The van der Waals surface area contributed by atoms with Crippen molar-refractivity contribution in [3.8, 4) is 16.3 Å². The summed E-state index contributed by atoms with van der Waals surface area (Å²) in [5, 5.41) is 8.29. The Morgan fingerprint density at radius 3 is 2.53 bits per heavy atom. The Kier molecular flexibility index (Phi) is 10.5. The van der Waals surface area contributed by atoms with E-state index < -0.39 is 26.4 Å². The first-order valence-corrected chi connectivity index (χ1v) is 13.1. The zero-order chi connectivity index (χ0) is 26.1. The van der Waals surface area contributed by atoms with Gasteiger partial charge in [-0.3, -0.25) is 0 Å². The van der Waals surface area contributed by atoms with Crippen molar-refractivity contribution in [1.82, 2.24) is 10.2 Å². The number of halogens is 4. The Labute approximate surface area is 210 Å². The minimum atomic E-state index is -4.63. The van der Waals surface area contributed by atoms with Gasteiger partial charge in [0.25, 0.3) is 0 Å². The fourth-order valence-electron chi connectivity index (χ4n) is 3.39. The van der Waals surface area contributed by atoms with Crippen LogP contribution in [0.1, 0.15) is 47.9 Å². The Morgan fingerprint density at radius 1 is 1.03 bits per heavy atom. The fourth-order valence-corrected chi connectivity index (χ4v) is 4.51. The van der Waals surface area contributed by atoms with Gasteiger partial charge in [0.05, 0.1) is 24.8 Å². The maximum Gasteiger partial charge on any atom is 0.419 e. The highest BCUT2D eigenvalue weighted by Crippen LogP contribution is 2.39. The maximum atomic E-state index is 13.7. The van der Waals surface area contributed by atoms with Crippen molar-refractivity contribution in [2.24, 2.45) is 5.73 Å². The third-order valence-electron chi connectivity index (χ3n) is 5.17. The quantitative estimate of drug-likeness (QED) is 0.142. The van der Waals surface area contributed by atoms with Crippen LogP contribution in [0.3, 0.4) is 0 Å². The number of alkyl halides is 3. The molecule has 0 fully saturated rings. The highest BCUT2D eigenvalue weighted by Gasteiger charge is 2.35. The molecule has 1 heterocycles. The number of unbranched alkanes of at least 4 members (excludes halogenated alkanes) is 3. The van der Waals surface area contributed by atoms with Crippen LogP contribution in [0.5, 0.6) is 5.75 Å². The molecule has 1 atom stereocenters. The van der Waals surface area contributed by atoms with Crippen molar-refractivity contribution >= 4 is 19.9 Å².